The Morgan fingerprint density at radius 2 is 1.93 bits per heavy atom. The molecule has 1 amide bonds. The molecular formula is C20H20Cl2N2O3S. The molecule has 0 fully saturated rings. The molecule has 1 heterocycles. The molecule has 28 heavy (non-hydrogen) atoms. The van der Waals surface area contributed by atoms with Crippen molar-refractivity contribution in [2.45, 2.75) is 12.2 Å². The molecule has 0 aliphatic carbocycles. The molecule has 5 nitrogen and oxygen atoms in total. The van der Waals surface area contributed by atoms with E-state index in [4.69, 9.17) is 32.7 Å². The van der Waals surface area contributed by atoms with Gasteiger partial charge in [-0.25, -0.2) is 0 Å². The van der Waals surface area contributed by atoms with Crippen LogP contribution in [0.2, 0.25) is 10.0 Å². The number of hydrogen-bond donors (Lipinski definition) is 0. The van der Waals surface area contributed by atoms with Gasteiger partial charge in [-0.15, -0.1) is 0 Å². The zero-order valence-electron chi connectivity index (χ0n) is 15.6. The van der Waals surface area contributed by atoms with E-state index in [9.17, 15) is 4.79 Å². The first-order chi connectivity index (χ1) is 13.5. The van der Waals surface area contributed by atoms with Crippen LogP contribution < -0.4 is 9.47 Å². The van der Waals surface area contributed by atoms with Crippen LogP contribution in [0, 0.1) is 0 Å². The third kappa shape index (κ3) is 4.93. The molecule has 0 aromatic heterocycles. The number of nitrogens with zero attached hydrogens (tertiary/aromatic N) is 2. The van der Waals surface area contributed by atoms with E-state index >= 15 is 0 Å². The molecule has 0 atom stereocenters. The number of hydrogen-bond acceptors (Lipinski definition) is 5. The summed E-state index contributed by atoms with van der Waals surface area (Å²) in [4.78, 5) is 19.0. The number of carbonyl (C=O) groups is 1. The summed E-state index contributed by atoms with van der Waals surface area (Å²) < 4.78 is 10.6. The lowest BCUT2D eigenvalue weighted by Crippen LogP contribution is -2.34. The van der Waals surface area contributed by atoms with Gasteiger partial charge in [-0.3, -0.25) is 14.7 Å². The van der Waals surface area contributed by atoms with Gasteiger partial charge in [0.2, 0.25) is 5.91 Å². The van der Waals surface area contributed by atoms with Crippen molar-refractivity contribution in [3.8, 4) is 11.5 Å². The van der Waals surface area contributed by atoms with Gasteiger partial charge in [0, 0.05) is 22.3 Å². The molecule has 1 aliphatic rings. The SMILES string of the molecule is COc1ccc(CC(=O)N2CCN=C2SCc2ccc(Cl)cc2Cl)cc1OC. The van der Waals surface area contributed by atoms with Crippen molar-refractivity contribution < 1.29 is 14.3 Å². The summed E-state index contributed by atoms with van der Waals surface area (Å²) in [6, 6.07) is 10.9. The van der Waals surface area contributed by atoms with Gasteiger partial charge in [-0.05, 0) is 35.4 Å². The van der Waals surface area contributed by atoms with Crippen molar-refractivity contribution in [1.29, 1.82) is 0 Å². The van der Waals surface area contributed by atoms with Crippen LogP contribution in [0.25, 0.3) is 0 Å². The van der Waals surface area contributed by atoms with Gasteiger partial charge in [0.15, 0.2) is 16.7 Å². The van der Waals surface area contributed by atoms with Crippen molar-refractivity contribution >= 4 is 46.0 Å². The summed E-state index contributed by atoms with van der Waals surface area (Å²) in [6.45, 7) is 1.19. The Bertz CT molecular complexity index is 905. The first-order valence-corrected chi connectivity index (χ1v) is 10.4. The first kappa shape index (κ1) is 20.8. The van der Waals surface area contributed by atoms with Crippen molar-refractivity contribution in [2.75, 3.05) is 27.3 Å². The summed E-state index contributed by atoms with van der Waals surface area (Å²) in [5.74, 6) is 1.86. The lowest BCUT2D eigenvalue weighted by atomic mass is 10.1. The van der Waals surface area contributed by atoms with Crippen LogP contribution in [0.1, 0.15) is 11.1 Å². The minimum Gasteiger partial charge on any atom is -0.493 e. The Hall–Kier alpha value is -1.89. The van der Waals surface area contributed by atoms with E-state index in [1.54, 1.807) is 37.3 Å². The Kier molecular flexibility index (Phi) is 7.10. The van der Waals surface area contributed by atoms with Crippen LogP contribution >= 0.6 is 35.0 Å². The monoisotopic (exact) mass is 438 g/mol. The molecule has 2 aromatic rings. The Balaban J connectivity index is 1.64. The number of ether oxygens (including phenoxy) is 2. The van der Waals surface area contributed by atoms with Gasteiger partial charge in [0.25, 0.3) is 0 Å². The van der Waals surface area contributed by atoms with Crippen LogP contribution in [-0.4, -0.2) is 43.3 Å². The maximum atomic E-state index is 12.8. The van der Waals surface area contributed by atoms with E-state index in [1.807, 2.05) is 18.2 Å². The van der Waals surface area contributed by atoms with Crippen molar-refractivity contribution in [3.05, 3.63) is 57.6 Å². The van der Waals surface area contributed by atoms with Gasteiger partial charge in [-0.2, -0.15) is 0 Å². The van der Waals surface area contributed by atoms with E-state index in [0.29, 0.717) is 40.4 Å². The van der Waals surface area contributed by atoms with Crippen molar-refractivity contribution in [3.63, 3.8) is 0 Å². The van der Waals surface area contributed by atoms with E-state index < -0.39 is 0 Å². The summed E-state index contributed by atoms with van der Waals surface area (Å²) in [6.07, 6.45) is 0.266. The molecule has 0 unspecified atom stereocenters. The van der Waals surface area contributed by atoms with Gasteiger partial charge >= 0.3 is 0 Å². The summed E-state index contributed by atoms with van der Waals surface area (Å²) in [7, 11) is 3.16. The van der Waals surface area contributed by atoms with Crippen LogP contribution in [0.15, 0.2) is 41.4 Å². The molecule has 1 aliphatic heterocycles. The number of benzene rings is 2. The number of amidine groups is 1. The quantitative estimate of drug-likeness (QED) is 0.656. The lowest BCUT2D eigenvalue weighted by Gasteiger charge is -2.18. The molecule has 0 saturated heterocycles. The predicted molar refractivity (Wildman–Crippen MR) is 115 cm³/mol. The Morgan fingerprint density at radius 3 is 2.64 bits per heavy atom. The first-order valence-electron chi connectivity index (χ1n) is 8.64. The molecule has 2 aromatic carbocycles. The normalized spacial score (nSPS) is 13.4. The Labute approximate surface area is 178 Å². The van der Waals surface area contributed by atoms with E-state index in [2.05, 4.69) is 4.99 Å². The number of thioether (sulfide) groups is 1. The molecule has 0 spiro atoms. The highest BCUT2D eigenvalue weighted by molar-refractivity contribution is 8.13. The summed E-state index contributed by atoms with van der Waals surface area (Å²) in [5, 5.41) is 1.93. The van der Waals surface area contributed by atoms with Gasteiger partial charge in [-0.1, -0.05) is 47.1 Å². The molecule has 3 rings (SSSR count). The second-order valence-corrected chi connectivity index (χ2v) is 7.89. The van der Waals surface area contributed by atoms with Crippen molar-refractivity contribution in [2.24, 2.45) is 4.99 Å². The molecule has 8 heteroatoms. The average Bonchev–Trinajstić information content (AvgIpc) is 3.16. The fourth-order valence-electron chi connectivity index (χ4n) is 2.82. The summed E-state index contributed by atoms with van der Waals surface area (Å²) >= 11 is 13.7. The smallest absolute Gasteiger partial charge is 0.233 e. The molecular weight excluding hydrogens is 419 g/mol. The average molecular weight is 439 g/mol. The molecule has 148 valence electrons. The minimum atomic E-state index is -0.00169. The van der Waals surface area contributed by atoms with Crippen LogP contribution in [0.3, 0.4) is 0 Å². The standard InChI is InChI=1S/C20H20Cl2N2O3S/c1-26-17-6-3-13(9-18(17)27-2)10-19(25)24-8-7-23-20(24)28-12-14-4-5-15(21)11-16(14)22/h3-6,9,11H,7-8,10,12H2,1-2H3. The van der Waals surface area contributed by atoms with Crippen LogP contribution in [-0.2, 0) is 17.0 Å². The van der Waals surface area contributed by atoms with E-state index in [-0.39, 0.29) is 12.3 Å². The van der Waals surface area contributed by atoms with Gasteiger partial charge in [0.1, 0.15) is 0 Å². The van der Waals surface area contributed by atoms with Crippen LogP contribution in [0.4, 0.5) is 0 Å². The number of halogens is 2. The highest BCUT2D eigenvalue weighted by Gasteiger charge is 2.24. The number of amides is 1. The molecule has 0 saturated carbocycles. The summed E-state index contributed by atoms with van der Waals surface area (Å²) in [5.41, 5.74) is 1.82. The fourth-order valence-corrected chi connectivity index (χ4v) is 4.45. The van der Waals surface area contributed by atoms with Crippen molar-refractivity contribution in [1.82, 2.24) is 4.90 Å². The lowest BCUT2D eigenvalue weighted by molar-refractivity contribution is -0.126. The number of rotatable bonds is 6. The molecule has 0 radical (unpaired) electrons. The van der Waals surface area contributed by atoms with Crippen LogP contribution in [0.5, 0.6) is 11.5 Å². The number of aliphatic imine (C=N–C) groups is 1. The van der Waals surface area contributed by atoms with E-state index in [1.165, 1.54) is 11.8 Å². The highest BCUT2D eigenvalue weighted by atomic mass is 35.5. The largest absolute Gasteiger partial charge is 0.493 e. The zero-order chi connectivity index (χ0) is 20.1. The maximum Gasteiger partial charge on any atom is 0.233 e. The Morgan fingerprint density at radius 1 is 1.14 bits per heavy atom. The van der Waals surface area contributed by atoms with Gasteiger partial charge < -0.3 is 9.47 Å². The number of methoxy groups -OCH3 is 2. The molecule has 0 N–H and O–H groups in total. The fraction of sp³-hybridized carbons (Fsp3) is 0.300. The van der Waals surface area contributed by atoms with Gasteiger partial charge in [0.05, 0.1) is 27.2 Å². The minimum absolute atomic E-state index is 0.00169. The third-order valence-corrected chi connectivity index (χ3v) is 5.93. The zero-order valence-corrected chi connectivity index (χ0v) is 17.9. The third-order valence-electron chi connectivity index (χ3n) is 4.28. The second-order valence-electron chi connectivity index (χ2n) is 6.10. The highest BCUT2D eigenvalue weighted by Crippen LogP contribution is 2.29. The van der Waals surface area contributed by atoms with E-state index in [0.717, 1.165) is 16.3 Å². The maximum absolute atomic E-state index is 12.8. The second kappa shape index (κ2) is 9.54. The molecule has 0 bridgehead atoms. The topological polar surface area (TPSA) is 51.1 Å². The predicted octanol–water partition coefficient (Wildman–Crippen LogP) is 4.68. The number of carbonyl (C=O) groups excluding carboxylic acids is 1.